The van der Waals surface area contributed by atoms with Gasteiger partial charge in [0.05, 0.1) is 58.8 Å². The Balaban J connectivity index is 0.000000425. The van der Waals surface area contributed by atoms with Gasteiger partial charge in [-0.3, -0.25) is 24.5 Å². The quantitative estimate of drug-likeness (QED) is 0.192. The Morgan fingerprint density at radius 1 is 0.689 bits per heavy atom. The summed E-state index contributed by atoms with van der Waals surface area (Å²) in [4.78, 5) is 93.2. The number of benzene rings is 1. The van der Waals surface area contributed by atoms with Crippen LogP contribution in [0.15, 0.2) is 30.3 Å². The van der Waals surface area contributed by atoms with E-state index < -0.39 is 58.7 Å². The maximum atomic E-state index is 13.7. The number of methoxy groups -OCH3 is 2. The van der Waals surface area contributed by atoms with Gasteiger partial charge in [0, 0.05) is 12.2 Å². The highest BCUT2D eigenvalue weighted by Gasteiger charge is 2.47. The largest absolute Gasteiger partial charge is 0.467 e. The predicted octanol–water partition coefficient (Wildman–Crippen LogP) is 6.13. The smallest absolute Gasteiger partial charge is 0.330 e. The van der Waals surface area contributed by atoms with Crippen LogP contribution in [0.5, 0.6) is 0 Å². The van der Waals surface area contributed by atoms with E-state index in [1.54, 1.807) is 24.3 Å². The molecule has 2 N–H and O–H groups in total. The molecule has 0 radical (unpaired) electrons. The van der Waals surface area contributed by atoms with Crippen LogP contribution in [-0.4, -0.2) is 121 Å². The topological polar surface area (TPSA) is 190 Å². The van der Waals surface area contributed by atoms with Gasteiger partial charge in [0.2, 0.25) is 11.8 Å². The Labute approximate surface area is 363 Å². The Kier molecular flexibility index (Phi) is 20.2. The molecule has 2 aliphatic carbocycles. The molecule has 5 rings (SSSR count). The molecule has 4 fully saturated rings. The first kappa shape index (κ1) is 52.4. The van der Waals surface area contributed by atoms with Gasteiger partial charge in [0.1, 0.15) is 24.3 Å². The molecule has 2 saturated heterocycles. The molecule has 16 nitrogen and oxygen atoms in total. The van der Waals surface area contributed by atoms with E-state index >= 15 is 0 Å². The second-order valence-electron chi connectivity index (χ2n) is 18.0. The highest BCUT2D eigenvalue weighted by Crippen LogP contribution is 2.35. The minimum absolute atomic E-state index is 0. The third-order valence-electron chi connectivity index (χ3n) is 11.5. The second-order valence-corrected chi connectivity index (χ2v) is 18.0. The van der Waals surface area contributed by atoms with Crippen molar-refractivity contribution in [3.63, 3.8) is 0 Å². The summed E-state index contributed by atoms with van der Waals surface area (Å²) in [7, 11) is 2.56. The van der Waals surface area contributed by atoms with Gasteiger partial charge >= 0.3 is 29.9 Å². The van der Waals surface area contributed by atoms with E-state index in [4.69, 9.17) is 18.9 Å². The van der Waals surface area contributed by atoms with Crippen molar-refractivity contribution in [3.8, 4) is 0 Å². The lowest BCUT2D eigenvalue weighted by atomic mass is 9.77. The molecule has 1 aromatic carbocycles. The number of nitrogens with zero attached hydrogens (tertiary/aromatic N) is 3. The molecular weight excluding hydrogens is 787 g/mol. The zero-order valence-corrected chi connectivity index (χ0v) is 36.1. The van der Waals surface area contributed by atoms with Crippen LogP contribution in [0.1, 0.15) is 121 Å². The second kappa shape index (κ2) is 23.5. The number of para-hydroxylation sites is 1. The lowest BCUT2D eigenvalue weighted by Crippen LogP contribution is -2.48. The van der Waals surface area contributed by atoms with Crippen LogP contribution in [-0.2, 0) is 47.7 Å². The Bertz CT molecular complexity index is 1630. The number of hydrogen-bond acceptors (Lipinski definition) is 12. The molecule has 2 heterocycles. The molecule has 0 aromatic heterocycles. The lowest BCUT2D eigenvalue weighted by Gasteiger charge is -2.34. The Morgan fingerprint density at radius 2 is 1.13 bits per heavy atom. The molecule has 2 saturated carbocycles. The minimum atomic E-state index is -0.949. The first-order valence-corrected chi connectivity index (χ1v) is 20.8. The summed E-state index contributed by atoms with van der Waals surface area (Å²) in [6, 6.07) is 6.91. The summed E-state index contributed by atoms with van der Waals surface area (Å²) in [5.41, 5.74) is -0.379. The summed E-state index contributed by atoms with van der Waals surface area (Å²) in [6.07, 6.45) is 7.59. The number of carbonyl (C=O) groups is 7. The van der Waals surface area contributed by atoms with Gasteiger partial charge in [-0.1, -0.05) is 74.6 Å². The molecule has 0 spiro atoms. The lowest BCUT2D eigenvalue weighted by molar-refractivity contribution is -0.158. The van der Waals surface area contributed by atoms with Crippen LogP contribution in [0.25, 0.3) is 0 Å². The highest BCUT2D eigenvalue weighted by atomic mass is 16.5. The zero-order chi connectivity index (χ0) is 43.5. The Hall–Kier alpha value is -4.73. The zero-order valence-electron chi connectivity index (χ0n) is 36.1. The molecule has 61 heavy (non-hydrogen) atoms. The summed E-state index contributed by atoms with van der Waals surface area (Å²) in [6.45, 7) is 12.0. The van der Waals surface area contributed by atoms with Crippen LogP contribution in [0, 0.1) is 22.7 Å². The van der Waals surface area contributed by atoms with Crippen LogP contribution in [0.3, 0.4) is 0 Å². The molecule has 0 unspecified atom stereocenters. The van der Waals surface area contributed by atoms with E-state index in [2.05, 4.69) is 10.6 Å². The number of anilines is 1. The number of rotatable bonds is 11. The van der Waals surface area contributed by atoms with Crippen molar-refractivity contribution in [2.45, 2.75) is 145 Å². The van der Waals surface area contributed by atoms with Gasteiger partial charge in [-0.2, -0.15) is 0 Å². The summed E-state index contributed by atoms with van der Waals surface area (Å²) < 4.78 is 20.8. The fourth-order valence-electron chi connectivity index (χ4n) is 7.94. The van der Waals surface area contributed by atoms with Crippen molar-refractivity contribution >= 4 is 47.4 Å². The standard InChI is InChI=1S/C25H35N3O6.C18H30N2O5.2CH4/c1-25(2,3)19(14-21(29)34-18-12-8-9-13-18)22(30)28-16-27(15-20(28)23(31)33-4)24(32)26-17-10-6-5-7-11-17;1-18(2,3)13(9-15(21)25-12-7-5-6-8-12)16(22)20-11-19-10-14(20)17(23)24-4;;/h5-7,10-11,18-20H,8-9,12-16H2,1-4H3,(H,26,32);12-14,19H,5-11H2,1-4H3;2*1H4/t19-,20+;13-,14+;;/m11../s1. The van der Waals surface area contributed by atoms with Crippen molar-refractivity contribution in [2.24, 2.45) is 22.7 Å². The van der Waals surface area contributed by atoms with Crippen LogP contribution < -0.4 is 10.6 Å². The van der Waals surface area contributed by atoms with E-state index in [-0.39, 0.29) is 77.6 Å². The van der Waals surface area contributed by atoms with Crippen LogP contribution in [0.2, 0.25) is 0 Å². The number of urea groups is 1. The molecule has 0 bridgehead atoms. The maximum Gasteiger partial charge on any atom is 0.330 e. The summed E-state index contributed by atoms with van der Waals surface area (Å²) in [5.74, 6) is -3.64. The average Bonchev–Trinajstić information content (AvgIpc) is 4.03. The summed E-state index contributed by atoms with van der Waals surface area (Å²) >= 11 is 0. The first-order valence-electron chi connectivity index (χ1n) is 20.8. The number of amides is 4. The van der Waals surface area contributed by atoms with Crippen LogP contribution >= 0.6 is 0 Å². The number of esters is 4. The van der Waals surface area contributed by atoms with E-state index in [1.165, 1.54) is 28.9 Å². The van der Waals surface area contributed by atoms with Gasteiger partial charge in [0.25, 0.3) is 0 Å². The highest BCUT2D eigenvalue weighted by molar-refractivity contribution is 5.93. The van der Waals surface area contributed by atoms with E-state index in [1.807, 2.05) is 47.6 Å². The van der Waals surface area contributed by atoms with Gasteiger partial charge < -0.3 is 39.0 Å². The molecule has 16 heteroatoms. The van der Waals surface area contributed by atoms with E-state index in [0.717, 1.165) is 51.4 Å². The number of hydrogen-bond donors (Lipinski definition) is 2. The number of carbonyl (C=O) groups excluding carboxylic acids is 7. The minimum Gasteiger partial charge on any atom is -0.467 e. The number of ether oxygens (including phenoxy) is 4. The van der Waals surface area contributed by atoms with E-state index in [9.17, 15) is 33.6 Å². The van der Waals surface area contributed by atoms with Crippen molar-refractivity contribution in [1.82, 2.24) is 20.0 Å². The normalized spacial score (nSPS) is 20.2. The van der Waals surface area contributed by atoms with E-state index in [0.29, 0.717) is 12.2 Å². The molecule has 4 aliphatic rings. The van der Waals surface area contributed by atoms with Gasteiger partial charge in [-0.15, -0.1) is 0 Å². The number of nitrogens with one attached hydrogen (secondary N) is 2. The van der Waals surface area contributed by atoms with Gasteiger partial charge in [-0.25, -0.2) is 14.4 Å². The summed E-state index contributed by atoms with van der Waals surface area (Å²) in [5, 5.41) is 5.80. The molecule has 2 aliphatic heterocycles. The van der Waals surface area contributed by atoms with Gasteiger partial charge in [-0.05, 0) is 74.3 Å². The van der Waals surface area contributed by atoms with Crippen molar-refractivity contribution in [1.29, 1.82) is 0 Å². The van der Waals surface area contributed by atoms with Gasteiger partial charge in [0.15, 0.2) is 0 Å². The molecular formula is C45H73N5O11. The third-order valence-corrected chi connectivity index (χ3v) is 11.5. The maximum absolute atomic E-state index is 13.7. The fraction of sp³-hybridized carbons (Fsp3) is 0.711. The molecule has 1 aromatic rings. The average molecular weight is 860 g/mol. The molecule has 4 amide bonds. The monoisotopic (exact) mass is 860 g/mol. The fourth-order valence-corrected chi connectivity index (χ4v) is 7.94. The van der Waals surface area contributed by atoms with Crippen molar-refractivity contribution < 1.29 is 52.5 Å². The SMILES string of the molecule is C.C.COC(=O)[C@@H]1CN(C(=O)Nc2ccccc2)CN1C(=O)[C@@H](CC(=O)OC1CCCC1)C(C)(C)C.COC(=O)[C@@H]1CNCN1C(=O)[C@@H](CC(=O)OC1CCCC1)C(C)(C)C. The third kappa shape index (κ3) is 14.7. The molecule has 4 atom stereocenters. The Morgan fingerprint density at radius 3 is 1.57 bits per heavy atom. The molecule has 344 valence electrons. The van der Waals surface area contributed by atoms with Crippen molar-refractivity contribution in [3.05, 3.63) is 30.3 Å². The predicted molar refractivity (Wildman–Crippen MR) is 230 cm³/mol. The van der Waals surface area contributed by atoms with Crippen molar-refractivity contribution in [2.75, 3.05) is 46.0 Å². The first-order chi connectivity index (χ1) is 27.8. The van der Waals surface area contributed by atoms with Crippen LogP contribution in [0.4, 0.5) is 10.5 Å².